The Bertz CT molecular complexity index is 404. The molecule has 0 radical (unpaired) electrons. The SMILES string of the molecule is CCOC(=O)C(Cc1ccc(Br)cc1)[N+](=O)[O-]. The molecular formula is C11H12BrNO4. The number of benzene rings is 1. The number of nitro groups is 1. The molecule has 1 rings (SSSR count). The predicted molar refractivity (Wildman–Crippen MR) is 65.3 cm³/mol. The quantitative estimate of drug-likeness (QED) is 0.475. The van der Waals surface area contributed by atoms with Gasteiger partial charge in [-0.3, -0.25) is 10.1 Å². The van der Waals surface area contributed by atoms with Gasteiger partial charge in [0.05, 0.1) is 13.0 Å². The highest BCUT2D eigenvalue weighted by Crippen LogP contribution is 2.13. The molecule has 0 aliphatic rings. The zero-order chi connectivity index (χ0) is 12.8. The summed E-state index contributed by atoms with van der Waals surface area (Å²) >= 11 is 3.27. The molecule has 1 aromatic carbocycles. The van der Waals surface area contributed by atoms with E-state index in [-0.39, 0.29) is 13.0 Å². The molecule has 0 heterocycles. The Hall–Kier alpha value is -1.43. The number of esters is 1. The van der Waals surface area contributed by atoms with E-state index in [0.29, 0.717) is 0 Å². The van der Waals surface area contributed by atoms with Crippen LogP contribution in [0.1, 0.15) is 12.5 Å². The molecule has 1 aromatic rings. The van der Waals surface area contributed by atoms with Gasteiger partial charge in [-0.15, -0.1) is 0 Å². The molecule has 0 fully saturated rings. The van der Waals surface area contributed by atoms with Crippen molar-refractivity contribution in [1.29, 1.82) is 0 Å². The molecule has 92 valence electrons. The van der Waals surface area contributed by atoms with Crippen LogP contribution in [0.4, 0.5) is 0 Å². The number of carbonyl (C=O) groups is 1. The molecule has 1 unspecified atom stereocenters. The summed E-state index contributed by atoms with van der Waals surface area (Å²) in [5, 5.41) is 10.8. The number of hydrogen-bond donors (Lipinski definition) is 0. The third kappa shape index (κ3) is 4.14. The van der Waals surface area contributed by atoms with E-state index >= 15 is 0 Å². The first kappa shape index (κ1) is 13.6. The van der Waals surface area contributed by atoms with Gasteiger partial charge in [0.15, 0.2) is 0 Å². The summed E-state index contributed by atoms with van der Waals surface area (Å²) in [6.45, 7) is 1.76. The van der Waals surface area contributed by atoms with Crippen molar-refractivity contribution in [2.75, 3.05) is 6.61 Å². The van der Waals surface area contributed by atoms with Crippen molar-refractivity contribution in [3.05, 3.63) is 44.4 Å². The van der Waals surface area contributed by atoms with E-state index in [2.05, 4.69) is 20.7 Å². The molecule has 0 amide bonds. The third-order valence-electron chi connectivity index (χ3n) is 2.16. The monoisotopic (exact) mass is 301 g/mol. The lowest BCUT2D eigenvalue weighted by atomic mass is 10.1. The van der Waals surface area contributed by atoms with Crippen LogP contribution in [-0.4, -0.2) is 23.5 Å². The van der Waals surface area contributed by atoms with Gasteiger partial charge in [0.1, 0.15) is 0 Å². The zero-order valence-electron chi connectivity index (χ0n) is 9.26. The second kappa shape index (κ2) is 6.34. The Balaban J connectivity index is 2.76. The maximum Gasteiger partial charge on any atom is 0.382 e. The van der Waals surface area contributed by atoms with Gasteiger partial charge in [0.2, 0.25) is 0 Å². The van der Waals surface area contributed by atoms with Crippen LogP contribution in [-0.2, 0) is 16.0 Å². The van der Waals surface area contributed by atoms with Crippen LogP contribution in [0, 0.1) is 10.1 Å². The van der Waals surface area contributed by atoms with E-state index in [1.807, 2.05) is 0 Å². The van der Waals surface area contributed by atoms with Gasteiger partial charge in [0, 0.05) is 9.40 Å². The van der Waals surface area contributed by atoms with E-state index in [4.69, 9.17) is 0 Å². The summed E-state index contributed by atoms with van der Waals surface area (Å²) in [7, 11) is 0. The highest BCUT2D eigenvalue weighted by Gasteiger charge is 2.31. The lowest BCUT2D eigenvalue weighted by Gasteiger charge is -2.08. The highest BCUT2D eigenvalue weighted by molar-refractivity contribution is 9.10. The molecule has 1 atom stereocenters. The van der Waals surface area contributed by atoms with Crippen LogP contribution in [0.5, 0.6) is 0 Å². The number of rotatable bonds is 5. The molecule has 0 bridgehead atoms. The Labute approximate surface area is 107 Å². The van der Waals surface area contributed by atoms with Crippen molar-refractivity contribution < 1.29 is 14.5 Å². The van der Waals surface area contributed by atoms with Gasteiger partial charge in [-0.25, -0.2) is 4.79 Å². The standard InChI is InChI=1S/C11H12BrNO4/c1-2-17-11(14)10(13(15)16)7-8-3-5-9(12)6-4-8/h3-6,10H,2,7H2,1H3. The Morgan fingerprint density at radius 2 is 2.06 bits per heavy atom. The van der Waals surface area contributed by atoms with Gasteiger partial charge >= 0.3 is 12.0 Å². The van der Waals surface area contributed by atoms with E-state index < -0.39 is 16.9 Å². The number of halogens is 1. The van der Waals surface area contributed by atoms with Crippen molar-refractivity contribution in [3.8, 4) is 0 Å². The van der Waals surface area contributed by atoms with Crippen molar-refractivity contribution >= 4 is 21.9 Å². The summed E-state index contributed by atoms with van der Waals surface area (Å²) < 4.78 is 5.56. The maximum atomic E-state index is 11.4. The number of nitrogens with zero attached hydrogens (tertiary/aromatic N) is 1. The van der Waals surface area contributed by atoms with Gasteiger partial charge in [-0.05, 0) is 24.6 Å². The Morgan fingerprint density at radius 1 is 1.47 bits per heavy atom. The van der Waals surface area contributed by atoms with E-state index in [1.165, 1.54) is 0 Å². The lowest BCUT2D eigenvalue weighted by Crippen LogP contribution is -2.33. The second-order valence-electron chi connectivity index (χ2n) is 3.38. The fourth-order valence-electron chi connectivity index (χ4n) is 1.33. The van der Waals surface area contributed by atoms with Crippen LogP contribution in [0.2, 0.25) is 0 Å². The zero-order valence-corrected chi connectivity index (χ0v) is 10.8. The minimum Gasteiger partial charge on any atom is -0.461 e. The van der Waals surface area contributed by atoms with Crippen LogP contribution in [0.15, 0.2) is 28.7 Å². The Morgan fingerprint density at radius 3 is 2.53 bits per heavy atom. The minimum absolute atomic E-state index is 0.0408. The number of ether oxygens (including phenoxy) is 1. The molecule has 0 saturated heterocycles. The first-order chi connectivity index (χ1) is 8.04. The number of carbonyl (C=O) groups excluding carboxylic acids is 1. The minimum atomic E-state index is -1.34. The second-order valence-corrected chi connectivity index (χ2v) is 4.30. The van der Waals surface area contributed by atoms with Crippen molar-refractivity contribution in [1.82, 2.24) is 0 Å². The molecule has 0 aliphatic heterocycles. The van der Waals surface area contributed by atoms with Crippen molar-refractivity contribution in [3.63, 3.8) is 0 Å². The predicted octanol–water partition coefficient (Wildman–Crippen LogP) is 2.20. The smallest absolute Gasteiger partial charge is 0.382 e. The summed E-state index contributed by atoms with van der Waals surface area (Å²) in [4.78, 5) is 21.6. The molecule has 0 aromatic heterocycles. The molecule has 0 spiro atoms. The molecule has 0 N–H and O–H groups in total. The fourth-order valence-corrected chi connectivity index (χ4v) is 1.59. The summed E-state index contributed by atoms with van der Waals surface area (Å²) in [6.07, 6.45) is 0.0408. The highest BCUT2D eigenvalue weighted by atomic mass is 79.9. The largest absolute Gasteiger partial charge is 0.461 e. The number of hydrogen-bond acceptors (Lipinski definition) is 4. The molecule has 0 aliphatic carbocycles. The Kier molecular flexibility index (Phi) is 5.09. The average Bonchev–Trinajstić information content (AvgIpc) is 2.28. The fraction of sp³-hybridized carbons (Fsp3) is 0.364. The third-order valence-corrected chi connectivity index (χ3v) is 2.68. The van der Waals surface area contributed by atoms with Gasteiger partial charge in [0.25, 0.3) is 0 Å². The van der Waals surface area contributed by atoms with E-state index in [1.54, 1.807) is 31.2 Å². The molecule has 17 heavy (non-hydrogen) atoms. The summed E-state index contributed by atoms with van der Waals surface area (Å²) in [5.41, 5.74) is 0.725. The van der Waals surface area contributed by atoms with Crippen LogP contribution < -0.4 is 0 Å². The topological polar surface area (TPSA) is 69.4 Å². The van der Waals surface area contributed by atoms with Crippen molar-refractivity contribution in [2.24, 2.45) is 0 Å². The van der Waals surface area contributed by atoms with Gasteiger partial charge in [-0.1, -0.05) is 28.1 Å². The summed E-state index contributed by atoms with van der Waals surface area (Å²) in [5.74, 6) is -0.791. The molecular weight excluding hydrogens is 290 g/mol. The van der Waals surface area contributed by atoms with Gasteiger partial charge in [-0.2, -0.15) is 0 Å². The van der Waals surface area contributed by atoms with E-state index in [0.717, 1.165) is 10.0 Å². The average molecular weight is 302 g/mol. The van der Waals surface area contributed by atoms with Crippen LogP contribution >= 0.6 is 15.9 Å². The van der Waals surface area contributed by atoms with Gasteiger partial charge < -0.3 is 4.74 Å². The molecule has 5 nitrogen and oxygen atoms in total. The molecule has 0 saturated carbocycles. The van der Waals surface area contributed by atoms with Crippen molar-refractivity contribution in [2.45, 2.75) is 19.4 Å². The first-order valence-electron chi connectivity index (χ1n) is 5.09. The molecule has 6 heteroatoms. The van der Waals surface area contributed by atoms with E-state index in [9.17, 15) is 14.9 Å². The lowest BCUT2D eigenvalue weighted by molar-refractivity contribution is -0.510. The maximum absolute atomic E-state index is 11.4. The van der Waals surface area contributed by atoms with Crippen LogP contribution in [0.3, 0.4) is 0 Å². The summed E-state index contributed by atoms with van der Waals surface area (Å²) in [6, 6.07) is 5.69. The first-order valence-corrected chi connectivity index (χ1v) is 5.88. The van der Waals surface area contributed by atoms with Crippen LogP contribution in [0.25, 0.3) is 0 Å². The normalized spacial score (nSPS) is 11.9.